The Kier molecular flexibility index (Phi) is 7.09. The van der Waals surface area contributed by atoms with Crippen molar-refractivity contribution in [2.75, 3.05) is 23.7 Å². The lowest BCUT2D eigenvalue weighted by Gasteiger charge is -2.20. The molecule has 6 nitrogen and oxygen atoms in total. The molecule has 1 aliphatic rings. The third-order valence-electron chi connectivity index (χ3n) is 6.00. The van der Waals surface area contributed by atoms with Crippen LogP contribution in [-0.2, 0) is 11.3 Å². The molecule has 4 rings (SSSR count). The molecule has 34 heavy (non-hydrogen) atoms. The van der Waals surface area contributed by atoms with Crippen molar-refractivity contribution in [3.05, 3.63) is 95.2 Å². The van der Waals surface area contributed by atoms with Crippen molar-refractivity contribution < 1.29 is 9.59 Å². The van der Waals surface area contributed by atoms with Crippen LogP contribution in [0.5, 0.6) is 0 Å². The van der Waals surface area contributed by atoms with Crippen molar-refractivity contribution in [2.45, 2.75) is 27.3 Å². The average molecular weight is 455 g/mol. The molecular weight excluding hydrogens is 424 g/mol. The first-order valence-corrected chi connectivity index (χ1v) is 11.6. The van der Waals surface area contributed by atoms with Gasteiger partial charge in [0.2, 0.25) is 0 Å². The zero-order valence-corrected chi connectivity index (χ0v) is 19.8. The highest BCUT2D eigenvalue weighted by atomic mass is 16.2. The van der Waals surface area contributed by atoms with Crippen LogP contribution >= 0.6 is 0 Å². The van der Waals surface area contributed by atoms with E-state index in [-0.39, 0.29) is 5.91 Å². The van der Waals surface area contributed by atoms with E-state index >= 15 is 0 Å². The lowest BCUT2D eigenvalue weighted by atomic mass is 9.94. The van der Waals surface area contributed by atoms with Crippen molar-refractivity contribution in [3.8, 4) is 0 Å². The summed E-state index contributed by atoms with van der Waals surface area (Å²) in [6, 6.07) is 21.6. The zero-order valence-electron chi connectivity index (χ0n) is 19.8. The molecule has 0 bridgehead atoms. The Morgan fingerprint density at radius 3 is 2.12 bits per heavy atom. The lowest BCUT2D eigenvalue weighted by molar-refractivity contribution is -0.114. The fourth-order valence-corrected chi connectivity index (χ4v) is 3.92. The summed E-state index contributed by atoms with van der Waals surface area (Å²) in [4.78, 5) is 27.4. The third-order valence-corrected chi connectivity index (χ3v) is 6.00. The third kappa shape index (κ3) is 5.35. The maximum Gasteiger partial charge on any atom is 0.260 e. The number of amides is 2. The molecule has 1 aliphatic heterocycles. The zero-order chi connectivity index (χ0) is 24.1. The van der Waals surface area contributed by atoms with Crippen LogP contribution in [0.15, 0.2) is 72.9 Å². The maximum atomic E-state index is 12.7. The minimum atomic E-state index is -0.421. The van der Waals surface area contributed by atoms with E-state index < -0.39 is 5.91 Å². The number of anilines is 3. The molecule has 0 atom stereocenters. The van der Waals surface area contributed by atoms with Gasteiger partial charge in [0.25, 0.3) is 11.8 Å². The second kappa shape index (κ2) is 10.4. The molecule has 1 heterocycles. The van der Waals surface area contributed by atoms with Gasteiger partial charge in [0.05, 0.1) is 5.57 Å². The van der Waals surface area contributed by atoms with Gasteiger partial charge in [-0.15, -0.1) is 0 Å². The minimum Gasteiger partial charge on any atom is -0.361 e. The van der Waals surface area contributed by atoms with E-state index in [2.05, 4.69) is 46.8 Å². The largest absolute Gasteiger partial charge is 0.361 e. The van der Waals surface area contributed by atoms with E-state index in [9.17, 15) is 9.59 Å². The van der Waals surface area contributed by atoms with Gasteiger partial charge in [0, 0.05) is 40.9 Å². The van der Waals surface area contributed by atoms with Crippen molar-refractivity contribution in [2.24, 2.45) is 0 Å². The molecule has 0 saturated heterocycles. The Morgan fingerprint density at radius 1 is 0.794 bits per heavy atom. The number of fused-ring (bicyclic) bond motifs is 1. The van der Waals surface area contributed by atoms with Gasteiger partial charge < -0.3 is 10.6 Å². The fraction of sp³-hybridized carbons (Fsp3) is 0.214. The highest BCUT2D eigenvalue weighted by Crippen LogP contribution is 2.29. The van der Waals surface area contributed by atoms with Gasteiger partial charge in [-0.1, -0.05) is 43.7 Å². The molecule has 3 aromatic carbocycles. The van der Waals surface area contributed by atoms with Crippen molar-refractivity contribution in [1.29, 1.82) is 0 Å². The molecule has 0 fully saturated rings. The minimum absolute atomic E-state index is 0.389. The molecule has 0 aliphatic carbocycles. The predicted molar refractivity (Wildman–Crippen MR) is 138 cm³/mol. The molecule has 0 aromatic heterocycles. The Balaban J connectivity index is 1.56. The Morgan fingerprint density at radius 2 is 1.44 bits per heavy atom. The summed E-state index contributed by atoms with van der Waals surface area (Å²) in [6.45, 7) is 9.28. The van der Waals surface area contributed by atoms with Gasteiger partial charge in [-0.2, -0.15) is 0 Å². The van der Waals surface area contributed by atoms with E-state index in [4.69, 9.17) is 0 Å². The van der Waals surface area contributed by atoms with Gasteiger partial charge in [-0.05, 0) is 68.0 Å². The monoisotopic (exact) mass is 454 g/mol. The molecule has 2 amide bonds. The van der Waals surface area contributed by atoms with Crippen molar-refractivity contribution in [1.82, 2.24) is 10.2 Å². The molecule has 3 aromatic rings. The Hall–Kier alpha value is -3.90. The number of carbonyl (C=O) groups is 2. The van der Waals surface area contributed by atoms with Crippen LogP contribution in [0, 0.1) is 6.92 Å². The topological polar surface area (TPSA) is 73.5 Å². The summed E-state index contributed by atoms with van der Waals surface area (Å²) in [5.74, 6) is -0.810. The quantitative estimate of drug-likeness (QED) is 0.318. The van der Waals surface area contributed by atoms with Gasteiger partial charge in [-0.3, -0.25) is 19.8 Å². The van der Waals surface area contributed by atoms with Gasteiger partial charge in [0.15, 0.2) is 0 Å². The number of nitrogens with one attached hydrogen (secondary N) is 3. The van der Waals surface area contributed by atoms with Crippen LogP contribution in [0.1, 0.15) is 40.9 Å². The molecule has 3 N–H and O–H groups in total. The number of benzene rings is 3. The van der Waals surface area contributed by atoms with Crippen molar-refractivity contribution >= 4 is 34.4 Å². The number of aryl methyl sites for hydroxylation is 1. The second-order valence-corrected chi connectivity index (χ2v) is 8.40. The SMILES string of the molecule is CCN(CC)Cc1ccc(N/C=C2\C(=O)NC(=O)c3ccc(Nc4ccc(C)cc4)cc32)cc1. The standard InChI is InChI=1S/C28H30N4O2/c1-4-32(5-2)18-20-8-12-21(13-9-20)29-17-26-25-16-23(30-22-10-6-19(3)7-11-22)14-15-24(25)27(33)31-28(26)34/h6-17,29-30H,4-5,18H2,1-3H3,(H,31,33,34)/b26-17-. The molecule has 174 valence electrons. The van der Waals surface area contributed by atoms with E-state index in [0.717, 1.165) is 36.7 Å². The number of nitrogens with zero attached hydrogens (tertiary/aromatic N) is 1. The van der Waals surface area contributed by atoms with Gasteiger partial charge in [0.1, 0.15) is 0 Å². The normalized spacial score (nSPS) is 14.2. The number of imide groups is 1. The molecule has 0 unspecified atom stereocenters. The van der Waals surface area contributed by atoms with E-state index in [1.54, 1.807) is 12.3 Å². The molecule has 0 saturated carbocycles. The first kappa shape index (κ1) is 23.3. The summed E-state index contributed by atoms with van der Waals surface area (Å²) in [6.07, 6.45) is 1.66. The van der Waals surface area contributed by atoms with Crippen LogP contribution in [0.25, 0.3) is 5.57 Å². The number of rotatable bonds is 8. The fourth-order valence-electron chi connectivity index (χ4n) is 3.92. The Bertz CT molecular complexity index is 1210. The summed E-state index contributed by atoms with van der Waals surface area (Å²) in [5, 5.41) is 8.99. The van der Waals surface area contributed by atoms with E-state index in [0.29, 0.717) is 16.7 Å². The second-order valence-electron chi connectivity index (χ2n) is 8.40. The smallest absolute Gasteiger partial charge is 0.260 e. The number of hydrogen-bond acceptors (Lipinski definition) is 5. The molecule has 0 radical (unpaired) electrons. The number of carbonyl (C=O) groups excluding carboxylic acids is 2. The molecular formula is C28H30N4O2. The first-order valence-electron chi connectivity index (χ1n) is 11.6. The van der Waals surface area contributed by atoms with Crippen LogP contribution in [0.2, 0.25) is 0 Å². The lowest BCUT2D eigenvalue weighted by Crippen LogP contribution is -2.36. The van der Waals surface area contributed by atoms with Crippen LogP contribution < -0.4 is 16.0 Å². The summed E-state index contributed by atoms with van der Waals surface area (Å²) in [5.41, 5.74) is 6.50. The summed E-state index contributed by atoms with van der Waals surface area (Å²) >= 11 is 0. The van der Waals surface area contributed by atoms with Crippen molar-refractivity contribution in [3.63, 3.8) is 0 Å². The molecule has 6 heteroatoms. The van der Waals surface area contributed by atoms with E-state index in [1.165, 1.54) is 11.1 Å². The van der Waals surface area contributed by atoms with Crippen LogP contribution in [0.4, 0.5) is 17.1 Å². The average Bonchev–Trinajstić information content (AvgIpc) is 2.84. The van der Waals surface area contributed by atoms with Gasteiger partial charge in [-0.25, -0.2) is 0 Å². The van der Waals surface area contributed by atoms with Crippen LogP contribution in [-0.4, -0.2) is 29.8 Å². The maximum absolute atomic E-state index is 12.7. The Labute approximate surface area is 200 Å². The summed E-state index contributed by atoms with van der Waals surface area (Å²) in [7, 11) is 0. The summed E-state index contributed by atoms with van der Waals surface area (Å²) < 4.78 is 0. The predicted octanol–water partition coefficient (Wildman–Crippen LogP) is 5.30. The van der Waals surface area contributed by atoms with Gasteiger partial charge >= 0.3 is 0 Å². The van der Waals surface area contributed by atoms with E-state index in [1.807, 2.05) is 55.5 Å². The van der Waals surface area contributed by atoms with Crippen LogP contribution in [0.3, 0.4) is 0 Å². The highest BCUT2D eigenvalue weighted by Gasteiger charge is 2.27. The number of hydrogen-bond donors (Lipinski definition) is 3. The highest BCUT2D eigenvalue weighted by molar-refractivity contribution is 6.31. The first-order chi connectivity index (χ1) is 16.5. The molecule has 0 spiro atoms.